The monoisotopic (exact) mass is 656 g/mol. The van der Waals surface area contributed by atoms with Crippen LogP contribution in [0, 0.1) is 17.8 Å². The summed E-state index contributed by atoms with van der Waals surface area (Å²) in [4.78, 5) is 15.8. The Hall–Kier alpha value is -2.29. The summed E-state index contributed by atoms with van der Waals surface area (Å²) in [7, 11) is -3.91. The zero-order valence-electron chi connectivity index (χ0n) is 27.0. The SMILES string of the molecule is CCCC[C@]1(O)CCC[C@H](C)[C@@H](C)S(=O)(=O)NC(=O)c2ccc3c(c2)N(C[C@@H]2CC[C@H]21)C[C@@]1(CCCc2cc(Cl)ccc21)CO3. The molecule has 2 aromatic rings. The zero-order valence-corrected chi connectivity index (χ0v) is 28.6. The van der Waals surface area contributed by atoms with Gasteiger partial charge in [-0.1, -0.05) is 50.8 Å². The molecule has 0 unspecified atom stereocenters. The molecule has 9 heteroatoms. The predicted molar refractivity (Wildman–Crippen MR) is 180 cm³/mol. The number of carbonyl (C=O) groups is 1. The molecular formula is C36H49ClN2O5S. The van der Waals surface area contributed by atoms with E-state index < -0.39 is 26.8 Å². The summed E-state index contributed by atoms with van der Waals surface area (Å²) < 4.78 is 35.7. The Morgan fingerprint density at radius 2 is 1.91 bits per heavy atom. The predicted octanol–water partition coefficient (Wildman–Crippen LogP) is 7.03. The van der Waals surface area contributed by atoms with E-state index in [0.717, 1.165) is 75.0 Å². The number of aryl methyl sites for hydroxylation is 1. The van der Waals surface area contributed by atoms with Crippen LogP contribution in [0.1, 0.15) is 106 Å². The molecular weight excluding hydrogens is 608 g/mol. The van der Waals surface area contributed by atoms with E-state index in [1.54, 1.807) is 13.0 Å². The lowest BCUT2D eigenvalue weighted by Crippen LogP contribution is -2.53. The molecule has 2 heterocycles. The maximum absolute atomic E-state index is 13.5. The smallest absolute Gasteiger partial charge is 0.264 e. The molecule has 2 aliphatic heterocycles. The van der Waals surface area contributed by atoms with Gasteiger partial charge in [0.2, 0.25) is 10.0 Å². The Labute approximate surface area is 274 Å². The number of carbonyl (C=O) groups excluding carboxylic acids is 1. The number of aliphatic hydroxyl groups is 1. The molecule has 2 N–H and O–H groups in total. The number of anilines is 1. The van der Waals surface area contributed by atoms with Crippen LogP contribution in [0.2, 0.25) is 5.02 Å². The van der Waals surface area contributed by atoms with Crippen LogP contribution in [0.25, 0.3) is 0 Å². The molecule has 1 fully saturated rings. The number of benzene rings is 2. The van der Waals surface area contributed by atoms with Gasteiger partial charge in [-0.2, -0.15) is 0 Å². The number of hydrogen-bond acceptors (Lipinski definition) is 6. The summed E-state index contributed by atoms with van der Waals surface area (Å²) in [5.74, 6) is 0.422. The fraction of sp³-hybridized carbons (Fsp3) is 0.639. The van der Waals surface area contributed by atoms with E-state index in [2.05, 4.69) is 28.7 Å². The van der Waals surface area contributed by atoms with Gasteiger partial charge in [0.15, 0.2) is 0 Å². The van der Waals surface area contributed by atoms with Gasteiger partial charge >= 0.3 is 0 Å². The van der Waals surface area contributed by atoms with Gasteiger partial charge in [-0.25, -0.2) is 13.1 Å². The molecule has 6 rings (SSSR count). The normalized spacial score (nSPS) is 33.2. The van der Waals surface area contributed by atoms with Crippen LogP contribution in [0.15, 0.2) is 36.4 Å². The first-order valence-corrected chi connectivity index (χ1v) is 19.0. The van der Waals surface area contributed by atoms with Crippen LogP contribution in [0.4, 0.5) is 5.69 Å². The van der Waals surface area contributed by atoms with Gasteiger partial charge in [-0.3, -0.25) is 4.79 Å². The number of halogens is 1. The molecule has 45 heavy (non-hydrogen) atoms. The molecule has 2 aliphatic carbocycles. The molecule has 2 bridgehead atoms. The fourth-order valence-electron chi connectivity index (χ4n) is 8.56. The van der Waals surface area contributed by atoms with Crippen LogP contribution < -0.4 is 14.4 Å². The first kappa shape index (κ1) is 32.6. The van der Waals surface area contributed by atoms with Crippen LogP contribution in [0.5, 0.6) is 5.75 Å². The van der Waals surface area contributed by atoms with E-state index in [1.165, 1.54) is 11.1 Å². The van der Waals surface area contributed by atoms with Crippen molar-refractivity contribution in [3.63, 3.8) is 0 Å². The number of fused-ring (bicyclic) bond motifs is 4. The molecule has 1 saturated carbocycles. The van der Waals surface area contributed by atoms with Crippen molar-refractivity contribution in [3.8, 4) is 5.75 Å². The highest BCUT2D eigenvalue weighted by Crippen LogP contribution is 2.50. The molecule has 4 aliphatic rings. The van der Waals surface area contributed by atoms with Crippen LogP contribution in [-0.4, -0.2) is 50.0 Å². The Balaban J connectivity index is 1.43. The highest BCUT2D eigenvalue weighted by Gasteiger charge is 2.48. The number of nitrogens with one attached hydrogen (secondary N) is 1. The number of ether oxygens (including phenoxy) is 1. The minimum absolute atomic E-state index is 0.156. The Morgan fingerprint density at radius 3 is 2.67 bits per heavy atom. The summed E-state index contributed by atoms with van der Waals surface area (Å²) in [6.45, 7) is 7.74. The molecule has 6 atom stereocenters. The van der Waals surface area contributed by atoms with E-state index in [0.29, 0.717) is 43.2 Å². The maximum Gasteiger partial charge on any atom is 0.264 e. The molecule has 7 nitrogen and oxygen atoms in total. The standard InChI is InChI=1S/C36H49ClN2O5S/c1-4-5-17-36(41)18-6-8-24(2)25(3)45(42,43)38-34(40)27-11-15-33-32(20-27)39(21-28-10-13-31(28)36)22-35(23-44-33)16-7-9-26-19-29(37)12-14-30(26)35/h11-12,14-15,19-20,24-25,28,31,41H,4-10,13,16-18,21-23H2,1-3H3,(H,38,40)/t24-,25+,28-,31+,35-,36-/m0/s1. The van der Waals surface area contributed by atoms with Crippen molar-refractivity contribution in [1.82, 2.24) is 4.72 Å². The summed E-state index contributed by atoms with van der Waals surface area (Å²) in [6, 6.07) is 11.5. The molecule has 2 aromatic carbocycles. The minimum atomic E-state index is -3.91. The third-order valence-corrected chi connectivity index (χ3v) is 13.8. The van der Waals surface area contributed by atoms with Crippen molar-refractivity contribution in [2.45, 2.75) is 108 Å². The zero-order chi connectivity index (χ0) is 32.0. The number of amides is 1. The van der Waals surface area contributed by atoms with Crippen LogP contribution >= 0.6 is 11.6 Å². The Kier molecular flexibility index (Phi) is 9.23. The van der Waals surface area contributed by atoms with Crippen LogP contribution in [0.3, 0.4) is 0 Å². The number of hydrogen-bond donors (Lipinski definition) is 2. The molecule has 0 aromatic heterocycles. The van der Waals surface area contributed by atoms with Crippen molar-refractivity contribution < 1.29 is 23.1 Å². The van der Waals surface area contributed by atoms with Gasteiger partial charge in [-0.15, -0.1) is 0 Å². The Bertz CT molecular complexity index is 1530. The van der Waals surface area contributed by atoms with E-state index >= 15 is 0 Å². The quantitative estimate of drug-likeness (QED) is 0.368. The number of sulfonamides is 1. The number of nitrogens with zero attached hydrogens (tertiary/aromatic N) is 1. The van der Waals surface area contributed by atoms with Crippen molar-refractivity contribution in [1.29, 1.82) is 0 Å². The first-order valence-electron chi connectivity index (χ1n) is 17.0. The van der Waals surface area contributed by atoms with E-state index in [9.17, 15) is 18.3 Å². The third kappa shape index (κ3) is 6.36. The number of unbranched alkanes of at least 4 members (excludes halogenated alkanes) is 1. The summed E-state index contributed by atoms with van der Waals surface area (Å²) in [5, 5.41) is 12.3. The van der Waals surface area contributed by atoms with Gasteiger partial charge in [0.05, 0.1) is 23.1 Å². The fourth-order valence-corrected chi connectivity index (χ4v) is 10.1. The van der Waals surface area contributed by atoms with Crippen molar-refractivity contribution in [3.05, 3.63) is 58.1 Å². The van der Waals surface area contributed by atoms with Gasteiger partial charge in [-0.05, 0) is 118 Å². The van der Waals surface area contributed by atoms with Gasteiger partial charge < -0.3 is 14.7 Å². The summed E-state index contributed by atoms with van der Waals surface area (Å²) in [5.41, 5.74) is 2.62. The molecule has 1 amide bonds. The Morgan fingerprint density at radius 1 is 1.09 bits per heavy atom. The van der Waals surface area contributed by atoms with E-state index in [-0.39, 0.29) is 17.3 Å². The second-order valence-corrected chi connectivity index (χ2v) is 17.0. The van der Waals surface area contributed by atoms with Gasteiger partial charge in [0.1, 0.15) is 5.75 Å². The first-order chi connectivity index (χ1) is 21.4. The molecule has 1 spiro atoms. The van der Waals surface area contributed by atoms with Gasteiger partial charge in [0.25, 0.3) is 5.91 Å². The van der Waals surface area contributed by atoms with E-state index in [1.807, 2.05) is 25.1 Å². The topological polar surface area (TPSA) is 95.9 Å². The van der Waals surface area contributed by atoms with Crippen LogP contribution in [-0.2, 0) is 21.9 Å². The maximum atomic E-state index is 13.5. The molecule has 0 saturated heterocycles. The van der Waals surface area contributed by atoms with Gasteiger partial charge in [0, 0.05) is 29.1 Å². The largest absolute Gasteiger partial charge is 0.490 e. The lowest BCUT2D eigenvalue weighted by molar-refractivity contribution is -0.0950. The average Bonchev–Trinajstić information content (AvgIpc) is 3.14. The minimum Gasteiger partial charge on any atom is -0.490 e. The number of rotatable bonds is 3. The second-order valence-electron chi connectivity index (χ2n) is 14.5. The van der Waals surface area contributed by atoms with Crippen molar-refractivity contribution >= 4 is 33.2 Å². The summed E-state index contributed by atoms with van der Waals surface area (Å²) >= 11 is 6.43. The second kappa shape index (κ2) is 12.7. The lowest BCUT2D eigenvalue weighted by Gasteiger charge is -2.50. The van der Waals surface area contributed by atoms with Crippen molar-refractivity contribution in [2.75, 3.05) is 24.6 Å². The summed E-state index contributed by atoms with van der Waals surface area (Å²) in [6.07, 6.45) is 9.90. The third-order valence-electron chi connectivity index (χ3n) is 11.6. The van der Waals surface area contributed by atoms with E-state index in [4.69, 9.17) is 16.3 Å². The average molecular weight is 657 g/mol. The lowest BCUT2D eigenvalue weighted by atomic mass is 9.61. The molecule has 246 valence electrons. The highest BCUT2D eigenvalue weighted by molar-refractivity contribution is 7.90. The highest BCUT2D eigenvalue weighted by atomic mass is 35.5. The van der Waals surface area contributed by atoms with Crippen molar-refractivity contribution in [2.24, 2.45) is 17.8 Å². The molecule has 0 radical (unpaired) electrons.